The molecule has 7 aliphatic rings. The first-order valence-corrected chi connectivity index (χ1v) is 21.0. The number of hydrogen-bond donors (Lipinski definition) is 6. The fourth-order valence-corrected chi connectivity index (χ4v) is 13.9. The maximum absolute atomic E-state index is 14.1. The zero-order valence-electron chi connectivity index (χ0n) is 35.7. The number of likely N-dealkylation sites (N-methyl/N-ethyl adjacent to an activating group) is 1. The van der Waals surface area contributed by atoms with Crippen LogP contribution in [0.15, 0.2) is 24.3 Å². The number of benzene rings is 1. The van der Waals surface area contributed by atoms with Crippen molar-refractivity contribution in [1.29, 1.82) is 0 Å². The van der Waals surface area contributed by atoms with E-state index >= 15 is 0 Å². The summed E-state index contributed by atoms with van der Waals surface area (Å²) in [5.74, 6) is -7.49. The molecule has 1 spiro atoms. The first-order chi connectivity index (χ1) is 29.2. The minimum Gasteiger partial charge on any atom is -0.481 e. The maximum Gasteiger partial charge on any atom is 0.340 e. The van der Waals surface area contributed by atoms with Crippen LogP contribution in [0.5, 0.6) is 0 Å². The number of carboxylic acid groups (broad SMARTS) is 3. The van der Waals surface area contributed by atoms with Crippen molar-refractivity contribution in [2.24, 2.45) is 40.4 Å². The van der Waals surface area contributed by atoms with Gasteiger partial charge in [-0.1, -0.05) is 26.0 Å². The van der Waals surface area contributed by atoms with Crippen LogP contribution in [0.4, 0.5) is 5.69 Å². The molecule has 8 rings (SSSR count). The molecule has 1 aromatic rings. The number of carbonyl (C=O) groups is 6. The van der Waals surface area contributed by atoms with Gasteiger partial charge in [0.15, 0.2) is 5.60 Å². The van der Waals surface area contributed by atoms with Crippen LogP contribution in [0, 0.1) is 40.4 Å². The number of likely N-dealkylation sites (tertiary alicyclic amines) is 1. The second-order valence-corrected chi connectivity index (χ2v) is 18.4. The summed E-state index contributed by atoms with van der Waals surface area (Å²) >= 11 is 0. The van der Waals surface area contributed by atoms with E-state index in [0.717, 1.165) is 11.3 Å². The summed E-state index contributed by atoms with van der Waals surface area (Å²) in [5, 5.41) is 60.4. The van der Waals surface area contributed by atoms with Gasteiger partial charge in [0.2, 0.25) is 11.8 Å². The Morgan fingerprint density at radius 3 is 2.13 bits per heavy atom. The van der Waals surface area contributed by atoms with Gasteiger partial charge in [0.25, 0.3) is 0 Å². The smallest absolute Gasteiger partial charge is 0.340 e. The molecule has 7 bridgehead atoms. The van der Waals surface area contributed by atoms with Crippen LogP contribution in [-0.2, 0) is 47.7 Å². The Morgan fingerprint density at radius 2 is 1.60 bits per heavy atom. The molecule has 1 aromatic carbocycles. The summed E-state index contributed by atoms with van der Waals surface area (Å²) in [4.78, 5) is 73.8. The van der Waals surface area contributed by atoms with Crippen molar-refractivity contribution in [3.8, 4) is 0 Å². The van der Waals surface area contributed by atoms with Crippen molar-refractivity contribution in [1.82, 2.24) is 4.90 Å². The number of amides is 2. The Morgan fingerprint density at radius 1 is 0.935 bits per heavy atom. The van der Waals surface area contributed by atoms with Gasteiger partial charge >= 0.3 is 23.9 Å². The highest BCUT2D eigenvalue weighted by molar-refractivity contribution is 6.22. The fourth-order valence-electron chi connectivity index (χ4n) is 13.9. The van der Waals surface area contributed by atoms with Crippen LogP contribution in [-0.4, -0.2) is 167 Å². The SMILES string of the molecule is CCN1C[C@]2(COC(=O)c3ccccc3N3C(=O)C[C@H](C)C3=O)CC[C@H](OC)[C@]34[C@@H]5C[C@H]6[C@H](OC)[C@@H]5[C@](O)(C[C@@H]6OC)[C@](O)([C@@H](OC)[C@H]23)[C@@H]14.O=C(O)CC(O)(CC(=O)O)C(=O)O. The van der Waals surface area contributed by atoms with E-state index in [1.165, 1.54) is 0 Å². The van der Waals surface area contributed by atoms with E-state index in [1.54, 1.807) is 59.6 Å². The highest BCUT2D eigenvalue weighted by atomic mass is 16.5. The average Bonchev–Trinajstić information content (AvgIpc) is 3.75. The lowest BCUT2D eigenvalue weighted by atomic mass is 9.42. The van der Waals surface area contributed by atoms with E-state index in [4.69, 9.17) is 44.1 Å². The number of aliphatic carboxylic acids is 3. The molecule has 2 amide bonds. The van der Waals surface area contributed by atoms with E-state index < -0.39 is 82.4 Å². The third kappa shape index (κ3) is 6.28. The molecule has 0 unspecified atom stereocenters. The largest absolute Gasteiger partial charge is 0.481 e. The number of fused-ring (bicyclic) bond motifs is 2. The Hall–Kier alpha value is -4.08. The number of para-hydroxylation sites is 1. The van der Waals surface area contributed by atoms with Gasteiger partial charge in [-0.2, -0.15) is 0 Å². The Balaban J connectivity index is 0.000000387. The number of esters is 1. The predicted molar refractivity (Wildman–Crippen MR) is 212 cm³/mol. The van der Waals surface area contributed by atoms with Gasteiger partial charge in [-0.05, 0) is 43.9 Å². The van der Waals surface area contributed by atoms with E-state index in [1.807, 2.05) is 0 Å². The summed E-state index contributed by atoms with van der Waals surface area (Å²) in [6.45, 7) is 4.95. The number of methoxy groups -OCH3 is 4. The molecule has 19 nitrogen and oxygen atoms in total. The molecule has 19 heteroatoms. The molecule has 2 aliphatic heterocycles. The van der Waals surface area contributed by atoms with Gasteiger partial charge in [-0.15, -0.1) is 0 Å². The lowest BCUT2D eigenvalue weighted by Crippen LogP contribution is -2.82. The Labute approximate surface area is 358 Å². The number of nitrogens with zero attached hydrogens (tertiary/aromatic N) is 2. The van der Waals surface area contributed by atoms with Crippen molar-refractivity contribution in [2.45, 2.75) is 106 Å². The zero-order chi connectivity index (χ0) is 45.5. The Bertz CT molecular complexity index is 1980. The van der Waals surface area contributed by atoms with Crippen LogP contribution < -0.4 is 4.90 Å². The quantitative estimate of drug-likeness (QED) is 0.111. The number of ether oxygens (including phenoxy) is 5. The van der Waals surface area contributed by atoms with E-state index in [0.29, 0.717) is 25.9 Å². The number of hydrogen-bond acceptors (Lipinski definition) is 15. The van der Waals surface area contributed by atoms with Crippen LogP contribution in [0.25, 0.3) is 0 Å². The number of carbonyl (C=O) groups excluding carboxylic acids is 3. The molecule has 0 radical (unpaired) electrons. The summed E-state index contributed by atoms with van der Waals surface area (Å²) in [6, 6.07) is 6.12. The molecular weight excluding hydrogens is 816 g/mol. The van der Waals surface area contributed by atoms with Gasteiger partial charge in [-0.3, -0.25) is 24.1 Å². The van der Waals surface area contributed by atoms with E-state index in [2.05, 4.69) is 11.8 Å². The first-order valence-electron chi connectivity index (χ1n) is 21.0. The van der Waals surface area contributed by atoms with Crippen LogP contribution in [0.3, 0.4) is 0 Å². The number of rotatable bonds is 14. The molecule has 7 fully saturated rings. The molecule has 2 saturated heterocycles. The van der Waals surface area contributed by atoms with Crippen LogP contribution >= 0.6 is 0 Å². The molecule has 0 aromatic heterocycles. The molecule has 5 saturated carbocycles. The maximum atomic E-state index is 14.1. The zero-order valence-corrected chi connectivity index (χ0v) is 35.7. The monoisotopic (exact) mass is 874 g/mol. The summed E-state index contributed by atoms with van der Waals surface area (Å²) in [5.41, 5.74) is -6.91. The van der Waals surface area contributed by atoms with Gasteiger partial charge in [0, 0.05) is 82.3 Å². The number of anilines is 1. The van der Waals surface area contributed by atoms with Crippen LogP contribution in [0.1, 0.15) is 69.2 Å². The normalized spacial score (nSPS) is 40.2. The second-order valence-electron chi connectivity index (χ2n) is 18.4. The van der Waals surface area contributed by atoms with Gasteiger partial charge in [0.1, 0.15) is 11.2 Å². The van der Waals surface area contributed by atoms with Crippen LogP contribution in [0.2, 0.25) is 0 Å². The fraction of sp³-hybridized carbons (Fsp3) is 0.721. The number of imide groups is 1. The standard InChI is InChI=1S/C37H50N2O10.C6H8O7/c1-7-38-17-34(18-49-32(42)20-10-8-9-11-23(20)39-26(40)14-19(2)31(39)41)13-12-25(46-4)36-22-15-21-24(45-3)16-35(43,27(22)28(21)47-5)37(44,33(36)38)30(48-6)29(34)36;7-3(8)1-6(13,5(11)12)2-4(9)10/h8-11,19,21-22,24-25,27-30,33,43-44H,7,12-18H2,1-6H3;13H,1-2H2,(H,7,8)(H,9,10)(H,11,12)/t19-,21+,22+,24-,25-,27+,28-,29+,30-,33-,34-,35+,36+,37-;/m0./s1. The molecule has 62 heavy (non-hydrogen) atoms. The molecule has 2 heterocycles. The second kappa shape index (κ2) is 16.2. The van der Waals surface area contributed by atoms with Crippen molar-refractivity contribution < 1.29 is 83.1 Å². The summed E-state index contributed by atoms with van der Waals surface area (Å²) < 4.78 is 31.4. The molecule has 342 valence electrons. The number of carboxylic acids is 3. The lowest BCUT2D eigenvalue weighted by Gasteiger charge is -2.70. The highest BCUT2D eigenvalue weighted by Crippen LogP contribution is 2.80. The van der Waals surface area contributed by atoms with Gasteiger partial charge in [0.05, 0.1) is 61.2 Å². The molecule has 6 N–H and O–H groups in total. The minimum atomic E-state index is -2.74. The van der Waals surface area contributed by atoms with Crippen molar-refractivity contribution >= 4 is 41.4 Å². The van der Waals surface area contributed by atoms with Gasteiger partial charge < -0.3 is 54.3 Å². The van der Waals surface area contributed by atoms with Crippen molar-refractivity contribution in [3.05, 3.63) is 29.8 Å². The predicted octanol–water partition coefficient (Wildman–Crippen LogP) is 0.787. The van der Waals surface area contributed by atoms with Crippen molar-refractivity contribution in [3.63, 3.8) is 0 Å². The molecular formula is C43H58N2O17. The summed E-state index contributed by atoms with van der Waals surface area (Å²) in [6.07, 6.45) is -1.48. The number of piperidine rings is 1. The van der Waals surface area contributed by atoms with Gasteiger partial charge in [-0.25, -0.2) is 14.5 Å². The third-order valence-corrected chi connectivity index (χ3v) is 15.8. The average molecular weight is 875 g/mol. The lowest BCUT2D eigenvalue weighted by molar-refractivity contribution is -0.320. The Kier molecular flexibility index (Phi) is 12.0. The molecule has 14 atom stereocenters. The van der Waals surface area contributed by atoms with E-state index in [-0.39, 0.29) is 84.5 Å². The third-order valence-electron chi connectivity index (χ3n) is 15.8. The van der Waals surface area contributed by atoms with E-state index in [9.17, 15) is 39.0 Å². The van der Waals surface area contributed by atoms with Crippen molar-refractivity contribution in [2.75, 3.05) is 53.0 Å². The summed E-state index contributed by atoms with van der Waals surface area (Å²) in [7, 11) is 6.70. The first kappa shape index (κ1) is 45.9. The highest BCUT2D eigenvalue weighted by Gasteiger charge is 2.91. The minimum absolute atomic E-state index is 0.0358. The number of aliphatic hydroxyl groups is 3. The topological polar surface area (TPSA) is 276 Å². The molecule has 5 aliphatic carbocycles.